The largest absolute Gasteiger partial charge is 0.436 e. The molecule has 2 heteroatoms. The van der Waals surface area contributed by atoms with Gasteiger partial charge in [0.2, 0.25) is 5.89 Å². The van der Waals surface area contributed by atoms with Crippen LogP contribution in [0.1, 0.15) is 16.7 Å². The molecule has 1 aromatic heterocycles. The lowest BCUT2D eigenvalue weighted by atomic mass is 10.1. The van der Waals surface area contributed by atoms with Gasteiger partial charge in [0, 0.05) is 5.56 Å². The molecule has 0 saturated carbocycles. The molecule has 2 nitrogen and oxygen atoms in total. The van der Waals surface area contributed by atoms with Gasteiger partial charge in [0.15, 0.2) is 5.58 Å². The average Bonchev–Trinajstić information content (AvgIpc) is 2.79. The van der Waals surface area contributed by atoms with Crippen molar-refractivity contribution in [2.45, 2.75) is 20.8 Å². The predicted octanol–water partition coefficient (Wildman–Crippen LogP) is 4.42. The molecule has 0 aliphatic rings. The van der Waals surface area contributed by atoms with Gasteiger partial charge in [-0.3, -0.25) is 0 Å². The summed E-state index contributed by atoms with van der Waals surface area (Å²) in [5.41, 5.74) is 6.46. The second-order valence-corrected chi connectivity index (χ2v) is 4.69. The molecule has 0 bridgehead atoms. The van der Waals surface area contributed by atoms with Crippen LogP contribution in [0.15, 0.2) is 40.8 Å². The maximum absolute atomic E-state index is 5.94. The third-order valence-electron chi connectivity index (χ3n) is 3.45. The van der Waals surface area contributed by atoms with Crippen LogP contribution in [0.5, 0.6) is 0 Å². The Morgan fingerprint density at radius 3 is 2.44 bits per heavy atom. The van der Waals surface area contributed by atoms with Crippen molar-refractivity contribution in [3.8, 4) is 11.5 Å². The third-order valence-corrected chi connectivity index (χ3v) is 3.45. The number of rotatable bonds is 1. The minimum absolute atomic E-state index is 0.705. The molecule has 2 aromatic carbocycles. The van der Waals surface area contributed by atoms with Crippen LogP contribution in [0.2, 0.25) is 0 Å². The van der Waals surface area contributed by atoms with Gasteiger partial charge in [0.1, 0.15) is 5.52 Å². The van der Waals surface area contributed by atoms with Crippen molar-refractivity contribution < 1.29 is 4.42 Å². The second-order valence-electron chi connectivity index (χ2n) is 4.69. The molecule has 3 rings (SSSR count). The number of fused-ring (bicyclic) bond motifs is 1. The van der Waals surface area contributed by atoms with Crippen molar-refractivity contribution in [2.24, 2.45) is 0 Å². The normalized spacial score (nSPS) is 11.1. The summed E-state index contributed by atoms with van der Waals surface area (Å²) < 4.78 is 5.94. The van der Waals surface area contributed by atoms with Crippen LogP contribution in [0.25, 0.3) is 22.6 Å². The predicted molar refractivity (Wildman–Crippen MR) is 73.7 cm³/mol. The van der Waals surface area contributed by atoms with Crippen LogP contribution in [0, 0.1) is 20.8 Å². The number of nitrogens with zero attached hydrogens (tertiary/aromatic N) is 1. The van der Waals surface area contributed by atoms with E-state index in [1.807, 2.05) is 24.3 Å². The number of benzene rings is 2. The third kappa shape index (κ3) is 1.61. The molecular formula is C16H15NO. The van der Waals surface area contributed by atoms with Crippen LogP contribution >= 0.6 is 0 Å². The highest BCUT2D eigenvalue weighted by molar-refractivity contribution is 5.80. The minimum atomic E-state index is 0.705. The summed E-state index contributed by atoms with van der Waals surface area (Å²) in [6.45, 7) is 6.23. The summed E-state index contributed by atoms with van der Waals surface area (Å²) in [4.78, 5) is 4.58. The molecule has 1 heterocycles. The molecule has 0 amide bonds. The molecule has 0 fully saturated rings. The Morgan fingerprint density at radius 2 is 1.67 bits per heavy atom. The summed E-state index contributed by atoms with van der Waals surface area (Å²) in [6.07, 6.45) is 0. The number of hydrogen-bond acceptors (Lipinski definition) is 2. The lowest BCUT2D eigenvalue weighted by Crippen LogP contribution is -1.81. The molecule has 0 aliphatic heterocycles. The lowest BCUT2D eigenvalue weighted by Gasteiger charge is -1.99. The molecule has 0 unspecified atom stereocenters. The van der Waals surface area contributed by atoms with Crippen LogP contribution < -0.4 is 0 Å². The Bertz CT molecular complexity index is 725. The first-order chi connectivity index (χ1) is 8.66. The van der Waals surface area contributed by atoms with E-state index >= 15 is 0 Å². The van der Waals surface area contributed by atoms with Gasteiger partial charge in [-0.15, -0.1) is 0 Å². The van der Waals surface area contributed by atoms with Gasteiger partial charge in [-0.1, -0.05) is 24.3 Å². The van der Waals surface area contributed by atoms with E-state index in [1.54, 1.807) is 0 Å². The standard InChI is InChI=1S/C16H15NO/c1-10-8-9-14-15(12(10)3)18-16(17-14)13-7-5-4-6-11(13)2/h4-9H,1-3H3. The smallest absolute Gasteiger partial charge is 0.227 e. The Balaban J connectivity index is 2.26. The molecule has 18 heavy (non-hydrogen) atoms. The molecule has 0 saturated heterocycles. The zero-order chi connectivity index (χ0) is 12.7. The van der Waals surface area contributed by atoms with Gasteiger partial charge in [0.05, 0.1) is 0 Å². The number of hydrogen-bond donors (Lipinski definition) is 0. The average molecular weight is 237 g/mol. The summed E-state index contributed by atoms with van der Waals surface area (Å²) in [6, 6.07) is 12.3. The number of aromatic nitrogens is 1. The zero-order valence-corrected chi connectivity index (χ0v) is 10.8. The molecule has 3 aromatic rings. The monoisotopic (exact) mass is 237 g/mol. The van der Waals surface area contributed by atoms with E-state index in [4.69, 9.17) is 4.42 Å². The van der Waals surface area contributed by atoms with E-state index < -0.39 is 0 Å². The summed E-state index contributed by atoms with van der Waals surface area (Å²) in [5.74, 6) is 0.705. The topological polar surface area (TPSA) is 26.0 Å². The maximum Gasteiger partial charge on any atom is 0.227 e. The minimum Gasteiger partial charge on any atom is -0.436 e. The van der Waals surface area contributed by atoms with E-state index in [1.165, 1.54) is 16.7 Å². The SMILES string of the molecule is Cc1ccccc1-c1nc2ccc(C)c(C)c2o1. The van der Waals surface area contributed by atoms with Gasteiger partial charge < -0.3 is 4.42 Å². The summed E-state index contributed by atoms with van der Waals surface area (Å²) in [5, 5.41) is 0. The lowest BCUT2D eigenvalue weighted by molar-refractivity contribution is 0.616. The highest BCUT2D eigenvalue weighted by Gasteiger charge is 2.12. The maximum atomic E-state index is 5.94. The first kappa shape index (κ1) is 11.0. The van der Waals surface area contributed by atoms with E-state index in [-0.39, 0.29) is 0 Å². The van der Waals surface area contributed by atoms with E-state index in [0.717, 1.165) is 16.7 Å². The fraction of sp³-hybridized carbons (Fsp3) is 0.188. The Labute approximate surface area is 106 Å². The van der Waals surface area contributed by atoms with Gasteiger partial charge in [-0.25, -0.2) is 4.98 Å². The fourth-order valence-corrected chi connectivity index (χ4v) is 2.15. The number of oxazole rings is 1. The van der Waals surface area contributed by atoms with Crippen LogP contribution in [0.3, 0.4) is 0 Å². The quantitative estimate of drug-likeness (QED) is 0.626. The second kappa shape index (κ2) is 3.98. The van der Waals surface area contributed by atoms with Crippen molar-refractivity contribution in [3.63, 3.8) is 0 Å². The van der Waals surface area contributed by atoms with Gasteiger partial charge in [-0.05, 0) is 49.6 Å². The molecule has 90 valence electrons. The highest BCUT2D eigenvalue weighted by Crippen LogP contribution is 2.29. The summed E-state index contributed by atoms with van der Waals surface area (Å²) in [7, 11) is 0. The van der Waals surface area contributed by atoms with E-state index in [2.05, 4.69) is 37.9 Å². The van der Waals surface area contributed by atoms with Crippen molar-refractivity contribution >= 4 is 11.1 Å². The van der Waals surface area contributed by atoms with Gasteiger partial charge in [0.25, 0.3) is 0 Å². The van der Waals surface area contributed by atoms with Crippen molar-refractivity contribution in [2.75, 3.05) is 0 Å². The van der Waals surface area contributed by atoms with Gasteiger partial charge >= 0.3 is 0 Å². The zero-order valence-electron chi connectivity index (χ0n) is 10.8. The first-order valence-electron chi connectivity index (χ1n) is 6.09. The summed E-state index contributed by atoms with van der Waals surface area (Å²) >= 11 is 0. The molecule has 0 aliphatic carbocycles. The molecule has 0 spiro atoms. The van der Waals surface area contributed by atoms with Crippen molar-refractivity contribution in [1.82, 2.24) is 4.98 Å². The van der Waals surface area contributed by atoms with Crippen LogP contribution in [-0.4, -0.2) is 4.98 Å². The Hall–Kier alpha value is -2.09. The Kier molecular flexibility index (Phi) is 2.44. The molecule has 0 N–H and O–H groups in total. The van der Waals surface area contributed by atoms with Crippen LogP contribution in [-0.2, 0) is 0 Å². The van der Waals surface area contributed by atoms with Crippen LogP contribution in [0.4, 0.5) is 0 Å². The highest BCUT2D eigenvalue weighted by atomic mass is 16.3. The first-order valence-corrected chi connectivity index (χ1v) is 6.09. The fourth-order valence-electron chi connectivity index (χ4n) is 2.15. The molecule has 0 atom stereocenters. The van der Waals surface area contributed by atoms with Crippen molar-refractivity contribution in [3.05, 3.63) is 53.1 Å². The molecule has 0 radical (unpaired) electrons. The van der Waals surface area contributed by atoms with Gasteiger partial charge in [-0.2, -0.15) is 0 Å². The number of aryl methyl sites for hydroxylation is 3. The Morgan fingerprint density at radius 1 is 0.889 bits per heavy atom. The van der Waals surface area contributed by atoms with Crippen molar-refractivity contribution in [1.29, 1.82) is 0 Å². The van der Waals surface area contributed by atoms with E-state index in [0.29, 0.717) is 5.89 Å². The molecular weight excluding hydrogens is 222 g/mol. The van der Waals surface area contributed by atoms with E-state index in [9.17, 15) is 0 Å².